The summed E-state index contributed by atoms with van der Waals surface area (Å²) in [6.07, 6.45) is 0. The topological polar surface area (TPSA) is 58.9 Å². The van der Waals surface area contributed by atoms with Gasteiger partial charge in [0, 0.05) is 38.3 Å². The number of phenols is 2. The van der Waals surface area contributed by atoms with E-state index in [1.807, 2.05) is 0 Å². The molecule has 0 aliphatic rings. The molecule has 19 heavy (non-hydrogen) atoms. The fourth-order valence-corrected chi connectivity index (χ4v) is 1.22. The first-order valence-corrected chi connectivity index (χ1v) is 5.31. The standard InChI is InChI=1S/2C7H8O2.Zr/c2*1-9-7-4-2-3-6(8)5-7;/h2*2-5,8H,1H3;. The van der Waals surface area contributed by atoms with Gasteiger partial charge in [0.25, 0.3) is 0 Å². The van der Waals surface area contributed by atoms with Crippen LogP contribution in [0.3, 0.4) is 0 Å². The van der Waals surface area contributed by atoms with Gasteiger partial charge in [-0.1, -0.05) is 12.1 Å². The number of hydrogen-bond acceptors (Lipinski definition) is 4. The molecule has 0 heterocycles. The number of methoxy groups -OCH3 is 2. The second kappa shape index (κ2) is 9.45. The summed E-state index contributed by atoms with van der Waals surface area (Å²) < 4.78 is 9.67. The van der Waals surface area contributed by atoms with E-state index in [0.29, 0.717) is 11.5 Å². The van der Waals surface area contributed by atoms with Gasteiger partial charge >= 0.3 is 0 Å². The smallest absolute Gasteiger partial charge is 0.122 e. The van der Waals surface area contributed by atoms with E-state index in [4.69, 9.17) is 19.7 Å². The SMILES string of the molecule is COc1cccc(O)c1.COc1cccc(O)c1.[Zr]. The Hall–Kier alpha value is -1.48. The number of phenolic OH excluding ortho intramolecular Hbond substituents is 2. The van der Waals surface area contributed by atoms with Crippen LogP contribution in [0.2, 0.25) is 0 Å². The number of benzene rings is 2. The molecule has 0 aliphatic heterocycles. The Kier molecular flexibility index (Phi) is 8.72. The van der Waals surface area contributed by atoms with Crippen molar-refractivity contribution in [3.63, 3.8) is 0 Å². The molecule has 2 N–H and O–H groups in total. The average molecular weight is 340 g/mol. The van der Waals surface area contributed by atoms with Crippen molar-refractivity contribution in [1.29, 1.82) is 0 Å². The van der Waals surface area contributed by atoms with E-state index in [-0.39, 0.29) is 37.7 Å². The number of hydrogen-bond donors (Lipinski definition) is 2. The Morgan fingerprint density at radius 1 is 0.737 bits per heavy atom. The molecule has 0 aliphatic carbocycles. The predicted octanol–water partition coefficient (Wildman–Crippen LogP) is 2.80. The summed E-state index contributed by atoms with van der Waals surface area (Å²) in [5, 5.41) is 17.7. The second-order valence-electron chi connectivity index (χ2n) is 3.40. The van der Waals surface area contributed by atoms with Crippen LogP contribution in [0, 0.1) is 0 Å². The van der Waals surface area contributed by atoms with E-state index in [2.05, 4.69) is 0 Å². The number of ether oxygens (including phenoxy) is 2. The minimum atomic E-state index is 0. The zero-order valence-electron chi connectivity index (χ0n) is 10.8. The van der Waals surface area contributed by atoms with Crippen molar-refractivity contribution in [1.82, 2.24) is 0 Å². The Labute approximate surface area is 131 Å². The molecule has 0 fully saturated rings. The van der Waals surface area contributed by atoms with Crippen molar-refractivity contribution in [3.8, 4) is 23.0 Å². The molecule has 0 radical (unpaired) electrons. The van der Waals surface area contributed by atoms with Gasteiger partial charge in [0.15, 0.2) is 0 Å². The molecule has 2 rings (SSSR count). The summed E-state index contributed by atoms with van der Waals surface area (Å²) in [7, 11) is 3.13. The first kappa shape index (κ1) is 17.5. The van der Waals surface area contributed by atoms with Crippen molar-refractivity contribution >= 4 is 0 Å². The maximum atomic E-state index is 8.86. The Morgan fingerprint density at radius 3 is 1.32 bits per heavy atom. The molecular weight excluding hydrogens is 323 g/mol. The summed E-state index contributed by atoms with van der Waals surface area (Å²) in [4.78, 5) is 0. The van der Waals surface area contributed by atoms with Gasteiger partial charge in [0.05, 0.1) is 14.2 Å². The van der Waals surface area contributed by atoms with Gasteiger partial charge in [-0.05, 0) is 24.3 Å². The fraction of sp³-hybridized carbons (Fsp3) is 0.143. The molecule has 0 atom stereocenters. The van der Waals surface area contributed by atoms with Gasteiger partial charge < -0.3 is 19.7 Å². The molecule has 0 unspecified atom stereocenters. The second-order valence-corrected chi connectivity index (χ2v) is 3.40. The largest absolute Gasteiger partial charge is 0.508 e. The van der Waals surface area contributed by atoms with Crippen LogP contribution in [0.25, 0.3) is 0 Å². The van der Waals surface area contributed by atoms with Crippen molar-refractivity contribution in [3.05, 3.63) is 48.5 Å². The average Bonchev–Trinajstić information content (AvgIpc) is 2.39. The molecule has 2 aromatic rings. The monoisotopic (exact) mass is 338 g/mol. The van der Waals surface area contributed by atoms with Gasteiger partial charge in [0.2, 0.25) is 0 Å². The maximum absolute atomic E-state index is 8.86. The van der Waals surface area contributed by atoms with Crippen LogP contribution in [0.15, 0.2) is 48.5 Å². The van der Waals surface area contributed by atoms with Crippen molar-refractivity contribution in [2.24, 2.45) is 0 Å². The van der Waals surface area contributed by atoms with Crippen LogP contribution < -0.4 is 9.47 Å². The van der Waals surface area contributed by atoms with Crippen LogP contribution in [0.1, 0.15) is 0 Å². The summed E-state index contributed by atoms with van der Waals surface area (Å²) >= 11 is 0. The molecule has 0 saturated carbocycles. The van der Waals surface area contributed by atoms with E-state index in [1.54, 1.807) is 62.8 Å². The van der Waals surface area contributed by atoms with E-state index in [9.17, 15) is 0 Å². The van der Waals surface area contributed by atoms with Crippen LogP contribution in [0.4, 0.5) is 0 Å². The van der Waals surface area contributed by atoms with Gasteiger partial charge in [-0.3, -0.25) is 0 Å². The minimum Gasteiger partial charge on any atom is -0.508 e. The summed E-state index contributed by atoms with van der Waals surface area (Å²) in [5.74, 6) is 1.81. The fourth-order valence-electron chi connectivity index (χ4n) is 1.22. The zero-order chi connectivity index (χ0) is 13.4. The van der Waals surface area contributed by atoms with Gasteiger partial charge in [-0.15, -0.1) is 0 Å². The molecule has 0 spiro atoms. The van der Waals surface area contributed by atoms with Crippen LogP contribution >= 0.6 is 0 Å². The third kappa shape index (κ3) is 6.87. The molecule has 0 aromatic heterocycles. The van der Waals surface area contributed by atoms with E-state index in [0.717, 1.165) is 0 Å². The predicted molar refractivity (Wildman–Crippen MR) is 69.3 cm³/mol. The molecule has 5 heteroatoms. The summed E-state index contributed by atoms with van der Waals surface area (Å²) in [6, 6.07) is 13.3. The third-order valence-electron chi connectivity index (χ3n) is 2.11. The summed E-state index contributed by atoms with van der Waals surface area (Å²) in [5.41, 5.74) is 0. The quantitative estimate of drug-likeness (QED) is 0.883. The van der Waals surface area contributed by atoms with E-state index in [1.165, 1.54) is 0 Å². The molecule has 0 amide bonds. The molecule has 0 saturated heterocycles. The van der Waals surface area contributed by atoms with Crippen molar-refractivity contribution < 1.29 is 45.9 Å². The Balaban J connectivity index is 0.000000324. The van der Waals surface area contributed by atoms with E-state index < -0.39 is 0 Å². The molecule has 100 valence electrons. The van der Waals surface area contributed by atoms with Gasteiger partial charge in [0.1, 0.15) is 23.0 Å². The molecule has 2 aromatic carbocycles. The Morgan fingerprint density at radius 2 is 1.11 bits per heavy atom. The molecule has 4 nitrogen and oxygen atoms in total. The van der Waals surface area contributed by atoms with Gasteiger partial charge in [-0.2, -0.15) is 0 Å². The van der Waals surface area contributed by atoms with E-state index >= 15 is 0 Å². The normalized spacial score (nSPS) is 8.53. The molecule has 0 bridgehead atoms. The molecular formula is C14H16O4Zr. The maximum Gasteiger partial charge on any atom is 0.122 e. The van der Waals surface area contributed by atoms with Crippen LogP contribution in [-0.4, -0.2) is 24.4 Å². The van der Waals surface area contributed by atoms with Gasteiger partial charge in [-0.25, -0.2) is 0 Å². The van der Waals surface area contributed by atoms with Crippen molar-refractivity contribution in [2.45, 2.75) is 0 Å². The minimum absolute atomic E-state index is 0. The first-order valence-electron chi connectivity index (χ1n) is 5.31. The third-order valence-corrected chi connectivity index (χ3v) is 2.11. The number of aromatic hydroxyl groups is 2. The number of rotatable bonds is 2. The van der Waals surface area contributed by atoms with Crippen LogP contribution in [-0.2, 0) is 26.2 Å². The Bertz CT molecular complexity index is 443. The van der Waals surface area contributed by atoms with Crippen molar-refractivity contribution in [2.75, 3.05) is 14.2 Å². The van der Waals surface area contributed by atoms with Crippen LogP contribution in [0.5, 0.6) is 23.0 Å². The summed E-state index contributed by atoms with van der Waals surface area (Å²) in [6.45, 7) is 0. The first-order chi connectivity index (χ1) is 8.65. The zero-order valence-corrected chi connectivity index (χ0v) is 13.3.